The Bertz CT molecular complexity index is 152. The summed E-state index contributed by atoms with van der Waals surface area (Å²) in [4.78, 5) is 0. The molecule has 9 heavy (non-hydrogen) atoms. The van der Waals surface area contributed by atoms with E-state index in [1.54, 1.807) is 0 Å². The summed E-state index contributed by atoms with van der Waals surface area (Å²) in [5.41, 5.74) is 1.32. The fraction of sp³-hybridized carbons (Fsp3) is 0.143. The molecular formula is C7H15BeNa. The van der Waals surface area contributed by atoms with E-state index in [0.717, 1.165) is 0 Å². The molecule has 0 unspecified atom stereocenters. The zero-order valence-corrected chi connectivity index (χ0v) is 8.09. The Kier molecular flexibility index (Phi) is 8.75. The van der Waals surface area contributed by atoms with Gasteiger partial charge in [-0.1, -0.05) is 35.9 Å². The molecule has 2 heteroatoms. The molecule has 46 valence electrons. The van der Waals surface area contributed by atoms with Crippen LogP contribution in [0.5, 0.6) is 0 Å². The Labute approximate surface area is 89.6 Å². The van der Waals surface area contributed by atoms with Gasteiger partial charge in [0.05, 0.1) is 0 Å². The van der Waals surface area contributed by atoms with Crippen molar-refractivity contribution in [3.05, 3.63) is 35.9 Å². The summed E-state index contributed by atoms with van der Waals surface area (Å²) in [6.07, 6.45) is 0. The molecule has 0 fully saturated rings. The largest absolute Gasteiger partial charge is 2.00 e. The summed E-state index contributed by atoms with van der Waals surface area (Å²) >= 11 is 0. The SMILES string of the molecule is Cc1ccccc1.[Be+2].[H-].[H-].[H-].[HH].[HH].[Na+]. The number of hydrogen-bond donors (Lipinski definition) is 0. The summed E-state index contributed by atoms with van der Waals surface area (Å²) in [6.45, 7) is 2.08. The summed E-state index contributed by atoms with van der Waals surface area (Å²) in [7, 11) is 0. The van der Waals surface area contributed by atoms with Crippen molar-refractivity contribution in [3.63, 3.8) is 0 Å². The zero-order chi connectivity index (χ0) is 5.11. The summed E-state index contributed by atoms with van der Waals surface area (Å²) in [5, 5.41) is 0. The minimum Gasteiger partial charge on any atom is -1.00 e. The van der Waals surface area contributed by atoms with Gasteiger partial charge in [0.1, 0.15) is 0 Å². The minimum absolute atomic E-state index is 0. The van der Waals surface area contributed by atoms with E-state index in [-0.39, 0.29) is 46.8 Å². The van der Waals surface area contributed by atoms with Gasteiger partial charge in [-0.3, -0.25) is 0 Å². The first kappa shape index (κ1) is 12.1. The van der Waals surface area contributed by atoms with Crippen LogP contribution in [0.1, 0.15) is 12.7 Å². The van der Waals surface area contributed by atoms with Crippen molar-refractivity contribution in [1.82, 2.24) is 0 Å². The van der Waals surface area contributed by atoms with Crippen LogP contribution in [0.4, 0.5) is 0 Å². The summed E-state index contributed by atoms with van der Waals surface area (Å²) in [6, 6.07) is 10.3. The second-order valence-electron chi connectivity index (χ2n) is 1.65. The second kappa shape index (κ2) is 6.51. The van der Waals surface area contributed by atoms with Gasteiger partial charge < -0.3 is 4.28 Å². The van der Waals surface area contributed by atoms with Crippen molar-refractivity contribution >= 4 is 10.1 Å². The second-order valence-corrected chi connectivity index (χ2v) is 1.65. The van der Waals surface area contributed by atoms with Crippen LogP contribution in [0.3, 0.4) is 0 Å². The Balaban J connectivity index is -0.0000000140. The van der Waals surface area contributed by atoms with Crippen LogP contribution in [-0.2, 0) is 0 Å². The predicted octanol–water partition coefficient (Wildman–Crippen LogP) is -0.552. The molecule has 0 radical (unpaired) electrons. The van der Waals surface area contributed by atoms with Crippen molar-refractivity contribution in [2.75, 3.05) is 0 Å². The van der Waals surface area contributed by atoms with Crippen LogP contribution in [0.15, 0.2) is 30.3 Å². The standard InChI is InChI=1S/C7H8.Be.Na.2H2.3H/c1-7-5-3-2-4-6-7;;;;;;;/h2-6H,1H3;;;2*1H;;;/q;+2;+1;;;3*-1. The molecule has 0 saturated carbocycles. The van der Waals surface area contributed by atoms with Crippen molar-refractivity contribution in [3.8, 4) is 0 Å². The third kappa shape index (κ3) is 4.87. The first-order chi connectivity index (χ1) is 3.39. The van der Waals surface area contributed by atoms with Gasteiger partial charge in [0.15, 0.2) is 0 Å². The first-order valence-corrected chi connectivity index (χ1v) is 2.41. The van der Waals surface area contributed by atoms with E-state index in [1.165, 1.54) is 5.56 Å². The molecule has 0 N–H and O–H groups in total. The Morgan fingerprint density at radius 3 is 1.89 bits per heavy atom. The third-order valence-electron chi connectivity index (χ3n) is 0.940. The Hall–Kier alpha value is 0.389. The monoisotopic (exact) mass is 131 g/mol. The van der Waals surface area contributed by atoms with Gasteiger partial charge in [0.25, 0.3) is 0 Å². The maximum atomic E-state index is 2.08. The quantitative estimate of drug-likeness (QED) is 0.414. The number of benzene rings is 1. The normalized spacial score (nSPS) is 6.78. The molecule has 0 amide bonds. The van der Waals surface area contributed by atoms with Crippen LogP contribution in [0, 0.1) is 6.92 Å². The van der Waals surface area contributed by atoms with E-state index in [2.05, 4.69) is 19.1 Å². The maximum absolute atomic E-state index is 2.08. The molecule has 0 aliphatic heterocycles. The average molecular weight is 131 g/mol. The fourth-order valence-corrected chi connectivity index (χ4v) is 0.534. The predicted molar refractivity (Wildman–Crippen MR) is 44.5 cm³/mol. The molecular weight excluding hydrogens is 116 g/mol. The molecule has 1 rings (SSSR count). The average Bonchev–Trinajstić information content (AvgIpc) is 1.69. The molecule has 0 saturated heterocycles. The van der Waals surface area contributed by atoms with E-state index in [4.69, 9.17) is 0 Å². The Morgan fingerprint density at radius 1 is 1.22 bits per heavy atom. The Morgan fingerprint density at radius 2 is 1.67 bits per heavy atom. The fourth-order valence-electron chi connectivity index (χ4n) is 0.534. The number of hydrogen-bond acceptors (Lipinski definition) is 0. The van der Waals surface area contributed by atoms with Crippen molar-refractivity contribution < 1.29 is 36.7 Å². The van der Waals surface area contributed by atoms with Crippen molar-refractivity contribution in [2.45, 2.75) is 6.92 Å². The minimum atomic E-state index is 0. The van der Waals surface area contributed by atoms with E-state index in [1.807, 2.05) is 18.2 Å². The van der Waals surface area contributed by atoms with E-state index < -0.39 is 0 Å². The van der Waals surface area contributed by atoms with Crippen molar-refractivity contribution in [1.29, 1.82) is 0 Å². The molecule has 0 aliphatic rings. The zero-order valence-electron chi connectivity index (χ0n) is 9.09. The number of aryl methyl sites for hydroxylation is 1. The summed E-state index contributed by atoms with van der Waals surface area (Å²) < 4.78 is 0. The van der Waals surface area contributed by atoms with Gasteiger partial charge in [0, 0.05) is 2.85 Å². The van der Waals surface area contributed by atoms with E-state index in [9.17, 15) is 0 Å². The van der Waals surface area contributed by atoms with Crippen molar-refractivity contribution in [2.24, 2.45) is 0 Å². The first-order valence-electron chi connectivity index (χ1n) is 2.41. The van der Waals surface area contributed by atoms with Crippen LogP contribution in [0.25, 0.3) is 0 Å². The van der Waals surface area contributed by atoms with E-state index in [0.29, 0.717) is 0 Å². The molecule has 0 aliphatic carbocycles. The number of rotatable bonds is 0. The molecule has 1 aromatic rings. The smallest absolute Gasteiger partial charge is 1.00 e. The molecule has 0 atom stereocenters. The van der Waals surface area contributed by atoms with E-state index >= 15 is 0 Å². The van der Waals surface area contributed by atoms with Gasteiger partial charge in [0.2, 0.25) is 0 Å². The summed E-state index contributed by atoms with van der Waals surface area (Å²) in [5.74, 6) is 0. The van der Waals surface area contributed by atoms with Crippen LogP contribution >= 0.6 is 0 Å². The maximum Gasteiger partial charge on any atom is 2.00 e. The van der Waals surface area contributed by atoms with Crippen LogP contribution < -0.4 is 29.6 Å². The molecule has 1 aromatic carbocycles. The van der Waals surface area contributed by atoms with Crippen LogP contribution in [0.2, 0.25) is 0 Å². The molecule has 0 heterocycles. The molecule has 0 aromatic heterocycles. The molecule has 0 bridgehead atoms. The molecule has 0 nitrogen and oxygen atoms in total. The molecule has 0 spiro atoms. The third-order valence-corrected chi connectivity index (χ3v) is 0.940. The van der Waals surface area contributed by atoms with Gasteiger partial charge in [-0.15, -0.1) is 0 Å². The van der Waals surface area contributed by atoms with Gasteiger partial charge in [-0.25, -0.2) is 0 Å². The topological polar surface area (TPSA) is 0 Å². The van der Waals surface area contributed by atoms with Gasteiger partial charge in [-0.05, 0) is 6.92 Å². The van der Waals surface area contributed by atoms with Gasteiger partial charge >= 0.3 is 39.7 Å². The van der Waals surface area contributed by atoms with Crippen LogP contribution in [-0.4, -0.2) is 10.1 Å². The van der Waals surface area contributed by atoms with Gasteiger partial charge in [-0.2, -0.15) is 0 Å².